The third-order valence-electron chi connectivity index (χ3n) is 10.2. The van der Waals surface area contributed by atoms with Crippen LogP contribution in [-0.2, 0) is 28.6 Å². The molecule has 6 heteroatoms. The van der Waals surface area contributed by atoms with Crippen molar-refractivity contribution in [2.24, 2.45) is 0 Å². The van der Waals surface area contributed by atoms with Gasteiger partial charge in [-0.05, 0) is 44.9 Å². The Morgan fingerprint density at radius 3 is 1.11 bits per heavy atom. The van der Waals surface area contributed by atoms with Gasteiger partial charge in [0.1, 0.15) is 13.2 Å². The summed E-state index contributed by atoms with van der Waals surface area (Å²) in [6.07, 6.45) is 47.4. The van der Waals surface area contributed by atoms with Crippen molar-refractivity contribution in [2.75, 3.05) is 13.2 Å². The number of esters is 3. The van der Waals surface area contributed by atoms with E-state index in [-0.39, 0.29) is 31.1 Å². The molecule has 0 N–H and O–H groups in total. The Kier molecular flexibility index (Phi) is 41.9. The fourth-order valence-electron chi connectivity index (χ4n) is 6.72. The van der Waals surface area contributed by atoms with Gasteiger partial charge in [0, 0.05) is 19.3 Å². The van der Waals surface area contributed by atoms with Gasteiger partial charge in [-0.25, -0.2) is 0 Å². The average Bonchev–Trinajstić information content (AvgIpc) is 3.17. The zero-order chi connectivity index (χ0) is 39.4. The Labute approximate surface area is 334 Å². The molecule has 0 fully saturated rings. The van der Waals surface area contributed by atoms with Crippen LogP contribution in [0.1, 0.15) is 245 Å². The normalized spacial score (nSPS) is 12.1. The fraction of sp³-hybridized carbons (Fsp3) is 0.854. The minimum absolute atomic E-state index is 0.0771. The highest BCUT2D eigenvalue weighted by Gasteiger charge is 2.19. The molecule has 0 aromatic heterocycles. The molecule has 1 atom stereocenters. The van der Waals surface area contributed by atoms with Gasteiger partial charge in [-0.2, -0.15) is 0 Å². The topological polar surface area (TPSA) is 78.9 Å². The van der Waals surface area contributed by atoms with Gasteiger partial charge < -0.3 is 14.2 Å². The van der Waals surface area contributed by atoms with E-state index in [0.29, 0.717) is 19.3 Å². The molecule has 316 valence electrons. The molecule has 0 aromatic carbocycles. The lowest BCUT2D eigenvalue weighted by Crippen LogP contribution is -2.30. The van der Waals surface area contributed by atoms with Crippen LogP contribution in [0.15, 0.2) is 24.3 Å². The van der Waals surface area contributed by atoms with Gasteiger partial charge in [0.05, 0.1) is 0 Å². The first-order chi connectivity index (χ1) is 26.5. The summed E-state index contributed by atoms with van der Waals surface area (Å²) < 4.78 is 16.7. The van der Waals surface area contributed by atoms with E-state index in [1.807, 2.05) is 0 Å². The smallest absolute Gasteiger partial charge is 0.306 e. The first-order valence-electron chi connectivity index (χ1n) is 23.3. The lowest BCUT2D eigenvalue weighted by molar-refractivity contribution is -0.167. The van der Waals surface area contributed by atoms with Gasteiger partial charge >= 0.3 is 17.9 Å². The molecule has 0 radical (unpaired) electrons. The van der Waals surface area contributed by atoms with E-state index in [1.54, 1.807) is 0 Å². The van der Waals surface area contributed by atoms with Crippen LogP contribution in [0.2, 0.25) is 0 Å². The molecule has 0 aliphatic carbocycles. The Morgan fingerprint density at radius 1 is 0.389 bits per heavy atom. The summed E-state index contributed by atoms with van der Waals surface area (Å²) in [6, 6.07) is 0. The van der Waals surface area contributed by atoms with Crippen molar-refractivity contribution in [2.45, 2.75) is 252 Å². The molecule has 0 spiro atoms. The number of carbonyl (C=O) groups excluding carboxylic acids is 3. The number of unbranched alkanes of at least 4 members (excludes halogenated alkanes) is 27. The third kappa shape index (κ3) is 41.1. The molecule has 0 heterocycles. The lowest BCUT2D eigenvalue weighted by atomic mass is 10.0. The van der Waals surface area contributed by atoms with Gasteiger partial charge in [0.15, 0.2) is 6.10 Å². The predicted octanol–water partition coefficient (Wildman–Crippen LogP) is 14.8. The second-order valence-corrected chi connectivity index (χ2v) is 15.6. The van der Waals surface area contributed by atoms with E-state index < -0.39 is 6.10 Å². The van der Waals surface area contributed by atoms with E-state index in [2.05, 4.69) is 45.1 Å². The maximum Gasteiger partial charge on any atom is 0.306 e. The highest BCUT2D eigenvalue weighted by atomic mass is 16.6. The van der Waals surface area contributed by atoms with Crippen molar-refractivity contribution in [1.82, 2.24) is 0 Å². The Balaban J connectivity index is 4.29. The summed E-state index contributed by atoms with van der Waals surface area (Å²) in [6.45, 7) is 6.49. The quantitative estimate of drug-likeness (QED) is 0.0267. The molecule has 0 amide bonds. The van der Waals surface area contributed by atoms with Crippen LogP contribution in [0.4, 0.5) is 0 Å². The summed E-state index contributed by atoms with van der Waals surface area (Å²) in [5, 5.41) is 0. The molecular formula is C48H88O6. The molecule has 6 nitrogen and oxygen atoms in total. The number of rotatable bonds is 42. The van der Waals surface area contributed by atoms with Crippen molar-refractivity contribution >= 4 is 17.9 Å². The minimum atomic E-state index is -0.775. The van der Waals surface area contributed by atoms with Crippen molar-refractivity contribution in [3.05, 3.63) is 24.3 Å². The molecule has 54 heavy (non-hydrogen) atoms. The molecule has 1 unspecified atom stereocenters. The van der Waals surface area contributed by atoms with Crippen molar-refractivity contribution < 1.29 is 28.6 Å². The van der Waals surface area contributed by atoms with Gasteiger partial charge in [0.25, 0.3) is 0 Å². The number of hydrogen-bond donors (Lipinski definition) is 0. The molecule has 0 bridgehead atoms. The maximum atomic E-state index is 12.7. The van der Waals surface area contributed by atoms with Crippen LogP contribution >= 0.6 is 0 Å². The number of allylic oxidation sites excluding steroid dienone is 4. The molecule has 0 aliphatic heterocycles. The highest BCUT2D eigenvalue weighted by Crippen LogP contribution is 2.16. The Hall–Kier alpha value is -2.11. The SMILES string of the molecule is CC/C=C\C/C=C\CCCCC(=O)OCC(COC(=O)CCCCCCCCCCCCCCCCCC)OC(=O)CCCCCCCCCCCCC. The van der Waals surface area contributed by atoms with Crippen LogP contribution in [-0.4, -0.2) is 37.2 Å². The zero-order valence-corrected chi connectivity index (χ0v) is 36.0. The Bertz CT molecular complexity index is 880. The van der Waals surface area contributed by atoms with Crippen molar-refractivity contribution in [3.63, 3.8) is 0 Å². The first kappa shape index (κ1) is 51.9. The average molecular weight is 761 g/mol. The summed E-state index contributed by atoms with van der Waals surface area (Å²) in [7, 11) is 0. The van der Waals surface area contributed by atoms with Gasteiger partial charge in [-0.3, -0.25) is 14.4 Å². The highest BCUT2D eigenvalue weighted by molar-refractivity contribution is 5.71. The molecule has 0 rings (SSSR count). The van der Waals surface area contributed by atoms with Crippen LogP contribution in [0, 0.1) is 0 Å². The second-order valence-electron chi connectivity index (χ2n) is 15.6. The summed E-state index contributed by atoms with van der Waals surface area (Å²) in [5.74, 6) is -0.909. The Morgan fingerprint density at radius 2 is 0.722 bits per heavy atom. The molecule has 0 saturated heterocycles. The van der Waals surface area contributed by atoms with Gasteiger partial charge in [0.2, 0.25) is 0 Å². The number of hydrogen-bond acceptors (Lipinski definition) is 6. The van der Waals surface area contributed by atoms with Crippen LogP contribution < -0.4 is 0 Å². The molecule has 0 aliphatic rings. The standard InChI is InChI=1S/C48H88O6/c1-4-7-10-13-16-19-21-22-23-24-25-27-29-32-35-38-41-47(50)53-44-45(43-52-46(49)40-37-34-31-28-18-15-12-9-6-3)54-48(51)42-39-36-33-30-26-20-17-14-11-8-5-2/h9,12,18,28,45H,4-8,10-11,13-17,19-27,29-44H2,1-3H3/b12-9-,28-18-. The van der Waals surface area contributed by atoms with Crippen LogP contribution in [0.25, 0.3) is 0 Å². The second kappa shape index (κ2) is 43.6. The summed E-state index contributed by atoms with van der Waals surface area (Å²) in [4.78, 5) is 37.6. The maximum absolute atomic E-state index is 12.7. The zero-order valence-electron chi connectivity index (χ0n) is 36.0. The summed E-state index contributed by atoms with van der Waals surface area (Å²) in [5.41, 5.74) is 0. The number of carbonyl (C=O) groups is 3. The summed E-state index contributed by atoms with van der Waals surface area (Å²) >= 11 is 0. The fourth-order valence-corrected chi connectivity index (χ4v) is 6.72. The lowest BCUT2D eigenvalue weighted by Gasteiger charge is -2.18. The first-order valence-corrected chi connectivity index (χ1v) is 23.3. The van der Waals surface area contributed by atoms with Crippen molar-refractivity contribution in [1.29, 1.82) is 0 Å². The van der Waals surface area contributed by atoms with E-state index in [9.17, 15) is 14.4 Å². The van der Waals surface area contributed by atoms with E-state index in [0.717, 1.165) is 70.6 Å². The minimum Gasteiger partial charge on any atom is -0.462 e. The van der Waals surface area contributed by atoms with Crippen LogP contribution in [0.5, 0.6) is 0 Å². The van der Waals surface area contributed by atoms with Gasteiger partial charge in [-0.1, -0.05) is 206 Å². The monoisotopic (exact) mass is 761 g/mol. The van der Waals surface area contributed by atoms with E-state index in [1.165, 1.54) is 135 Å². The predicted molar refractivity (Wildman–Crippen MR) is 229 cm³/mol. The number of ether oxygens (including phenoxy) is 3. The van der Waals surface area contributed by atoms with Crippen molar-refractivity contribution in [3.8, 4) is 0 Å². The third-order valence-corrected chi connectivity index (χ3v) is 10.2. The van der Waals surface area contributed by atoms with Crippen LogP contribution in [0.3, 0.4) is 0 Å². The molecular weight excluding hydrogens is 673 g/mol. The van der Waals surface area contributed by atoms with E-state index in [4.69, 9.17) is 14.2 Å². The largest absolute Gasteiger partial charge is 0.462 e. The van der Waals surface area contributed by atoms with Gasteiger partial charge in [-0.15, -0.1) is 0 Å². The molecule has 0 saturated carbocycles. The van der Waals surface area contributed by atoms with E-state index >= 15 is 0 Å². The molecule has 0 aromatic rings.